The van der Waals surface area contributed by atoms with E-state index in [2.05, 4.69) is 48.3 Å². The van der Waals surface area contributed by atoms with Gasteiger partial charge in [0, 0.05) is 31.3 Å². The van der Waals surface area contributed by atoms with Crippen molar-refractivity contribution in [3.05, 3.63) is 35.4 Å². The minimum atomic E-state index is -0.611. The average molecular weight is 348 g/mol. The van der Waals surface area contributed by atoms with Crippen molar-refractivity contribution in [2.45, 2.75) is 38.2 Å². The third kappa shape index (κ3) is 4.06. The lowest BCUT2D eigenvalue weighted by atomic mass is 9.94. The number of likely N-dealkylation sites (tertiary alicyclic amines) is 1. The Morgan fingerprint density at radius 1 is 1.46 bits per heavy atom. The summed E-state index contributed by atoms with van der Waals surface area (Å²) in [5.41, 5.74) is 2.23. The Morgan fingerprint density at radius 3 is 3.00 bits per heavy atom. The second-order valence-electron chi connectivity index (χ2n) is 6.99. The van der Waals surface area contributed by atoms with Gasteiger partial charge in [0.15, 0.2) is 5.96 Å². The molecule has 0 aliphatic carbocycles. The molecule has 5 heteroatoms. The van der Waals surface area contributed by atoms with Crippen molar-refractivity contribution in [1.82, 2.24) is 10.2 Å². The molecule has 2 heterocycles. The van der Waals surface area contributed by atoms with Crippen LogP contribution in [0.1, 0.15) is 36.8 Å². The molecule has 0 amide bonds. The molecule has 0 saturated carbocycles. The summed E-state index contributed by atoms with van der Waals surface area (Å²) in [4.78, 5) is 7.12. The third-order valence-electron chi connectivity index (χ3n) is 5.06. The van der Waals surface area contributed by atoms with Crippen molar-refractivity contribution in [3.63, 3.8) is 0 Å². The molecule has 0 aromatic heterocycles. The number of benzene rings is 1. The predicted molar refractivity (Wildman–Crippen MR) is 103 cm³/mol. The van der Waals surface area contributed by atoms with Gasteiger partial charge in [-0.3, -0.25) is 4.99 Å². The molecule has 0 bridgehead atoms. The van der Waals surface area contributed by atoms with Crippen LogP contribution in [0.2, 0.25) is 0 Å². The second-order valence-corrected chi connectivity index (χ2v) is 8.09. The van der Waals surface area contributed by atoms with Gasteiger partial charge in [-0.15, -0.1) is 0 Å². The largest absolute Gasteiger partial charge is 0.387 e. The summed E-state index contributed by atoms with van der Waals surface area (Å²) in [5.74, 6) is 3.38. The number of hydrogen-bond donors (Lipinski definition) is 2. The number of nitrogens with one attached hydrogen (secondary N) is 1. The molecule has 0 spiro atoms. The smallest absolute Gasteiger partial charge is 0.194 e. The summed E-state index contributed by atoms with van der Waals surface area (Å²) in [5, 5.41) is 14.0. The molecule has 132 valence electrons. The molecule has 2 aliphatic rings. The van der Waals surface area contributed by atoms with Crippen LogP contribution in [0.5, 0.6) is 0 Å². The van der Waals surface area contributed by atoms with Gasteiger partial charge in [-0.2, -0.15) is 11.8 Å². The minimum absolute atomic E-state index is 0.508. The Balaban J connectivity index is 1.67. The molecule has 4 nitrogen and oxygen atoms in total. The van der Waals surface area contributed by atoms with Crippen molar-refractivity contribution >= 4 is 17.7 Å². The number of thioether (sulfide) groups is 1. The van der Waals surface area contributed by atoms with Crippen LogP contribution >= 0.6 is 11.8 Å². The van der Waals surface area contributed by atoms with Gasteiger partial charge in [0.25, 0.3) is 0 Å². The number of aryl methyl sites for hydroxylation is 1. The number of aliphatic imine (C=N–C) groups is 1. The summed E-state index contributed by atoms with van der Waals surface area (Å²) in [6.45, 7) is 7.70. The van der Waals surface area contributed by atoms with Gasteiger partial charge in [0.1, 0.15) is 0 Å². The van der Waals surface area contributed by atoms with Gasteiger partial charge < -0.3 is 15.3 Å². The van der Waals surface area contributed by atoms with E-state index in [-0.39, 0.29) is 0 Å². The van der Waals surface area contributed by atoms with E-state index in [1.165, 1.54) is 11.1 Å². The van der Waals surface area contributed by atoms with Gasteiger partial charge >= 0.3 is 0 Å². The SMILES string of the molecule is CCNC(=NCC1(O)CCSC1)N1CCC(c2ccccc2C)C1. The van der Waals surface area contributed by atoms with Crippen molar-refractivity contribution in [3.8, 4) is 0 Å². The van der Waals surface area contributed by atoms with Crippen LogP contribution in [0.15, 0.2) is 29.3 Å². The van der Waals surface area contributed by atoms with Crippen LogP contribution in [-0.4, -0.2) is 59.3 Å². The quantitative estimate of drug-likeness (QED) is 0.649. The maximum Gasteiger partial charge on any atom is 0.194 e. The molecule has 0 radical (unpaired) electrons. The summed E-state index contributed by atoms with van der Waals surface area (Å²) in [6, 6.07) is 8.70. The summed E-state index contributed by atoms with van der Waals surface area (Å²) >= 11 is 1.82. The van der Waals surface area contributed by atoms with E-state index in [0.717, 1.165) is 49.9 Å². The minimum Gasteiger partial charge on any atom is -0.387 e. The average Bonchev–Trinajstić information content (AvgIpc) is 3.22. The van der Waals surface area contributed by atoms with E-state index in [4.69, 9.17) is 4.99 Å². The zero-order chi connectivity index (χ0) is 17.0. The maximum absolute atomic E-state index is 10.5. The topological polar surface area (TPSA) is 47.9 Å². The molecular weight excluding hydrogens is 318 g/mol. The number of nitrogens with zero attached hydrogens (tertiary/aromatic N) is 2. The lowest BCUT2D eigenvalue weighted by Gasteiger charge is -2.24. The Kier molecular flexibility index (Phi) is 5.72. The van der Waals surface area contributed by atoms with Gasteiger partial charge in [-0.05, 0) is 43.6 Å². The first-order valence-corrected chi connectivity index (χ1v) is 10.2. The molecule has 1 aromatic rings. The van der Waals surface area contributed by atoms with Crippen LogP contribution < -0.4 is 5.32 Å². The van der Waals surface area contributed by atoms with E-state index < -0.39 is 5.60 Å². The van der Waals surface area contributed by atoms with Crippen LogP contribution in [0.25, 0.3) is 0 Å². The van der Waals surface area contributed by atoms with Crippen LogP contribution in [0, 0.1) is 6.92 Å². The Hall–Kier alpha value is -1.20. The fourth-order valence-electron chi connectivity index (χ4n) is 3.62. The number of hydrogen-bond acceptors (Lipinski definition) is 3. The Labute approximate surface area is 149 Å². The standard InChI is InChI=1S/C19H29N3OS/c1-3-20-18(21-13-19(23)9-11-24-14-19)22-10-8-16(12-22)17-7-5-4-6-15(17)2/h4-7,16,23H,3,8-14H2,1-2H3,(H,20,21). The Bertz CT molecular complexity index is 584. The molecule has 2 N–H and O–H groups in total. The highest BCUT2D eigenvalue weighted by atomic mass is 32.2. The monoisotopic (exact) mass is 347 g/mol. The highest BCUT2D eigenvalue weighted by molar-refractivity contribution is 7.99. The normalized spacial score (nSPS) is 27.7. The predicted octanol–water partition coefficient (Wildman–Crippen LogP) is 2.62. The molecule has 2 fully saturated rings. The zero-order valence-corrected chi connectivity index (χ0v) is 15.6. The molecule has 24 heavy (non-hydrogen) atoms. The first-order chi connectivity index (χ1) is 11.6. The zero-order valence-electron chi connectivity index (χ0n) is 14.8. The lowest BCUT2D eigenvalue weighted by molar-refractivity contribution is 0.0776. The van der Waals surface area contributed by atoms with Crippen molar-refractivity contribution < 1.29 is 5.11 Å². The third-order valence-corrected chi connectivity index (χ3v) is 6.29. The lowest BCUT2D eigenvalue weighted by Crippen LogP contribution is -2.42. The maximum atomic E-state index is 10.5. The van der Waals surface area contributed by atoms with E-state index in [9.17, 15) is 5.11 Å². The fraction of sp³-hybridized carbons (Fsp3) is 0.632. The molecule has 1 aromatic carbocycles. The van der Waals surface area contributed by atoms with Crippen LogP contribution in [-0.2, 0) is 0 Å². The van der Waals surface area contributed by atoms with Gasteiger partial charge in [0.05, 0.1) is 12.1 Å². The molecule has 3 rings (SSSR count). The molecule has 2 atom stereocenters. The van der Waals surface area contributed by atoms with Gasteiger partial charge in [0.2, 0.25) is 0 Å². The molecule has 2 unspecified atom stereocenters. The van der Waals surface area contributed by atoms with Crippen molar-refractivity contribution in [2.24, 2.45) is 4.99 Å². The second kappa shape index (κ2) is 7.79. The van der Waals surface area contributed by atoms with E-state index >= 15 is 0 Å². The number of guanidine groups is 1. The fourth-order valence-corrected chi connectivity index (χ4v) is 4.90. The summed E-state index contributed by atoms with van der Waals surface area (Å²) in [7, 11) is 0. The summed E-state index contributed by atoms with van der Waals surface area (Å²) in [6.07, 6.45) is 2.02. The first-order valence-electron chi connectivity index (χ1n) is 9.00. The summed E-state index contributed by atoms with van der Waals surface area (Å²) < 4.78 is 0. The Morgan fingerprint density at radius 2 is 2.29 bits per heavy atom. The van der Waals surface area contributed by atoms with Gasteiger partial charge in [-0.25, -0.2) is 0 Å². The first kappa shape index (κ1) is 17.6. The van der Waals surface area contributed by atoms with Crippen LogP contribution in [0.3, 0.4) is 0 Å². The molecular formula is C19H29N3OS. The number of rotatable bonds is 4. The van der Waals surface area contributed by atoms with Gasteiger partial charge in [-0.1, -0.05) is 24.3 Å². The van der Waals surface area contributed by atoms with E-state index in [1.807, 2.05) is 11.8 Å². The molecule has 2 saturated heterocycles. The highest BCUT2D eigenvalue weighted by Gasteiger charge is 2.32. The van der Waals surface area contributed by atoms with Crippen molar-refractivity contribution in [1.29, 1.82) is 0 Å². The number of aliphatic hydroxyl groups is 1. The van der Waals surface area contributed by atoms with E-state index in [1.54, 1.807) is 0 Å². The van der Waals surface area contributed by atoms with Crippen LogP contribution in [0.4, 0.5) is 0 Å². The van der Waals surface area contributed by atoms with Crippen molar-refractivity contribution in [2.75, 3.05) is 37.7 Å². The van der Waals surface area contributed by atoms with E-state index in [0.29, 0.717) is 12.5 Å². The highest BCUT2D eigenvalue weighted by Crippen LogP contribution is 2.30. The molecule has 2 aliphatic heterocycles.